The van der Waals surface area contributed by atoms with Gasteiger partial charge in [0.25, 0.3) is 0 Å². The molecule has 0 fully saturated rings. The van der Waals surface area contributed by atoms with Crippen LogP contribution in [0.4, 0.5) is 5.69 Å². The molecule has 1 aliphatic rings. The summed E-state index contributed by atoms with van der Waals surface area (Å²) < 4.78 is 5.81. The number of hydrogen-bond acceptors (Lipinski definition) is 4. The molecule has 0 spiro atoms. The summed E-state index contributed by atoms with van der Waals surface area (Å²) in [4.78, 5) is 14.6. The Morgan fingerprint density at radius 2 is 1.56 bits per heavy atom. The van der Waals surface area contributed by atoms with Gasteiger partial charge in [-0.25, -0.2) is 9.98 Å². The molecule has 0 radical (unpaired) electrons. The minimum absolute atomic E-state index is 0.194. The number of aliphatic imine (C=N–C) groups is 2. The maximum absolute atomic E-state index is 5.81. The predicted molar refractivity (Wildman–Crippen MR) is 134 cm³/mol. The van der Waals surface area contributed by atoms with E-state index in [0.29, 0.717) is 30.3 Å². The van der Waals surface area contributed by atoms with Crippen molar-refractivity contribution in [2.24, 2.45) is 15.9 Å². The average Bonchev–Trinajstić information content (AvgIpc) is 3.25. The summed E-state index contributed by atoms with van der Waals surface area (Å²) in [6, 6.07) is 12.7. The van der Waals surface area contributed by atoms with E-state index in [9.17, 15) is 0 Å². The molecule has 32 heavy (non-hydrogen) atoms. The second-order valence-corrected chi connectivity index (χ2v) is 10.6. The van der Waals surface area contributed by atoms with Gasteiger partial charge in [-0.05, 0) is 47.9 Å². The fourth-order valence-electron chi connectivity index (χ4n) is 3.49. The number of hydrogen-bond donors (Lipinski definition) is 0. The Morgan fingerprint density at radius 1 is 1.00 bits per heavy atom. The van der Waals surface area contributed by atoms with Crippen LogP contribution in [-0.4, -0.2) is 29.2 Å². The van der Waals surface area contributed by atoms with E-state index in [4.69, 9.17) is 39.9 Å². The van der Waals surface area contributed by atoms with Gasteiger partial charge in [0.1, 0.15) is 12.3 Å². The number of para-hydroxylation sites is 1. The Balaban J connectivity index is 0.00000114. The van der Waals surface area contributed by atoms with Gasteiger partial charge in [0, 0.05) is 0 Å². The zero-order chi connectivity index (χ0) is 23.8. The fraction of sp³-hybridized carbons (Fsp3) is 0.480. The van der Waals surface area contributed by atoms with Gasteiger partial charge in [-0.1, -0.05) is 65.8 Å². The predicted octanol–water partition coefficient (Wildman–Crippen LogP) is 7.65. The van der Waals surface area contributed by atoms with Gasteiger partial charge in [0.15, 0.2) is 0 Å². The van der Waals surface area contributed by atoms with Crippen LogP contribution in [0.3, 0.4) is 0 Å². The SMILES string of the molecule is CC(=Nc1c(C(C)C)cccc1C(C)C)c1cccc(C2=N[C@@H](C(C)C)CO2)n1.[Cl][Fe][Cl]. The Morgan fingerprint density at radius 3 is 2.06 bits per heavy atom. The van der Waals surface area contributed by atoms with Crippen molar-refractivity contribution in [2.45, 2.75) is 66.3 Å². The zero-order valence-electron chi connectivity index (χ0n) is 19.8. The molecule has 0 saturated carbocycles. The van der Waals surface area contributed by atoms with E-state index < -0.39 is 0 Å². The first-order valence-electron chi connectivity index (χ1n) is 10.9. The number of ether oxygens (including phenoxy) is 1. The molecule has 0 aliphatic carbocycles. The molecular weight excluding hydrogens is 485 g/mol. The third kappa shape index (κ3) is 7.05. The van der Waals surface area contributed by atoms with Crippen LogP contribution in [0.1, 0.15) is 82.8 Å². The Kier molecular flexibility index (Phi) is 10.7. The van der Waals surface area contributed by atoms with Crippen molar-refractivity contribution in [1.82, 2.24) is 4.98 Å². The molecular formula is C25H33Cl2FeN3O. The summed E-state index contributed by atoms with van der Waals surface area (Å²) in [5.41, 5.74) is 6.17. The number of halogens is 2. The second-order valence-electron chi connectivity index (χ2n) is 8.81. The van der Waals surface area contributed by atoms with E-state index in [1.54, 1.807) is 0 Å². The first-order valence-corrected chi connectivity index (χ1v) is 13.9. The quantitative estimate of drug-likeness (QED) is 0.291. The Labute approximate surface area is 207 Å². The molecule has 0 unspecified atom stereocenters. The molecule has 1 aliphatic heterocycles. The number of pyridine rings is 1. The third-order valence-electron chi connectivity index (χ3n) is 5.40. The van der Waals surface area contributed by atoms with Crippen molar-refractivity contribution >= 4 is 37.5 Å². The molecule has 0 amide bonds. The molecule has 1 aromatic carbocycles. The van der Waals surface area contributed by atoms with Crippen LogP contribution in [0.25, 0.3) is 0 Å². The second kappa shape index (κ2) is 12.7. The summed E-state index contributed by atoms with van der Waals surface area (Å²) in [7, 11) is 9.53. The van der Waals surface area contributed by atoms with Crippen LogP contribution in [-0.2, 0) is 17.9 Å². The van der Waals surface area contributed by atoms with Crippen LogP contribution in [0.2, 0.25) is 0 Å². The van der Waals surface area contributed by atoms with Crippen LogP contribution in [0, 0.1) is 5.92 Å². The number of rotatable bonds is 6. The molecule has 2 heterocycles. The first-order chi connectivity index (χ1) is 15.2. The minimum atomic E-state index is 0.194. The monoisotopic (exact) mass is 517 g/mol. The molecule has 4 nitrogen and oxygen atoms in total. The van der Waals surface area contributed by atoms with Gasteiger partial charge >= 0.3 is 33.3 Å². The van der Waals surface area contributed by atoms with Crippen molar-refractivity contribution in [2.75, 3.05) is 6.61 Å². The summed E-state index contributed by atoms with van der Waals surface area (Å²) in [5, 5.41) is 0. The van der Waals surface area contributed by atoms with E-state index in [0.717, 1.165) is 22.8 Å². The molecule has 0 saturated heterocycles. The molecule has 0 bridgehead atoms. The van der Waals surface area contributed by atoms with Crippen LogP contribution >= 0.6 is 20.2 Å². The van der Waals surface area contributed by atoms with E-state index in [-0.39, 0.29) is 19.2 Å². The van der Waals surface area contributed by atoms with Gasteiger partial charge in [-0.15, -0.1) is 0 Å². The van der Waals surface area contributed by atoms with Gasteiger partial charge in [0.05, 0.1) is 23.1 Å². The van der Waals surface area contributed by atoms with Crippen molar-refractivity contribution in [3.63, 3.8) is 0 Å². The molecule has 7 heteroatoms. The third-order valence-corrected chi connectivity index (χ3v) is 5.40. The molecule has 0 N–H and O–H groups in total. The standard InChI is InChI=1S/C25H33N3O.2ClH.Fe/c1-15(2)19-10-8-11-20(16(3)4)24(19)26-18(7)21-12-9-13-22(27-21)25-28-23(14-29-25)17(5)6;;;/h8-13,15-17,23H,14H2,1-7H3;2*1H;/q;;;+2/p-2/t23-;;;/m1.../s1. The van der Waals surface area contributed by atoms with Gasteiger partial charge < -0.3 is 4.74 Å². The molecule has 176 valence electrons. The van der Waals surface area contributed by atoms with Gasteiger partial charge in [-0.3, -0.25) is 4.99 Å². The number of aromatic nitrogens is 1. The van der Waals surface area contributed by atoms with Crippen molar-refractivity contribution in [1.29, 1.82) is 0 Å². The van der Waals surface area contributed by atoms with Crippen molar-refractivity contribution < 1.29 is 17.9 Å². The molecule has 1 aromatic heterocycles. The summed E-state index contributed by atoms with van der Waals surface area (Å²) >= 11 is 0.194. The number of benzene rings is 1. The number of nitrogens with zero attached hydrogens (tertiary/aromatic N) is 3. The fourth-order valence-corrected chi connectivity index (χ4v) is 3.49. The summed E-state index contributed by atoms with van der Waals surface area (Å²) in [6.45, 7) is 15.9. The van der Waals surface area contributed by atoms with E-state index >= 15 is 0 Å². The maximum atomic E-state index is 5.81. The van der Waals surface area contributed by atoms with Gasteiger partial charge in [-0.2, -0.15) is 0 Å². The van der Waals surface area contributed by atoms with Crippen molar-refractivity contribution in [3.05, 3.63) is 58.9 Å². The molecule has 3 rings (SSSR count). The van der Waals surface area contributed by atoms with E-state index in [1.807, 2.05) is 25.1 Å². The van der Waals surface area contributed by atoms with E-state index in [1.165, 1.54) is 11.1 Å². The summed E-state index contributed by atoms with van der Waals surface area (Å²) in [5.74, 6) is 1.92. The summed E-state index contributed by atoms with van der Waals surface area (Å²) in [6.07, 6.45) is 0. The van der Waals surface area contributed by atoms with Crippen LogP contribution < -0.4 is 0 Å². The zero-order valence-corrected chi connectivity index (χ0v) is 22.5. The average molecular weight is 518 g/mol. The first kappa shape index (κ1) is 26.9. The van der Waals surface area contributed by atoms with Gasteiger partial charge in [0.2, 0.25) is 5.90 Å². The Hall–Kier alpha value is -1.39. The molecule has 1 atom stereocenters. The topological polar surface area (TPSA) is 46.8 Å². The molecule has 2 aromatic rings. The normalized spacial score (nSPS) is 16.3. The van der Waals surface area contributed by atoms with Crippen LogP contribution in [0.5, 0.6) is 0 Å². The van der Waals surface area contributed by atoms with Crippen LogP contribution in [0.15, 0.2) is 46.4 Å². The van der Waals surface area contributed by atoms with Crippen molar-refractivity contribution in [3.8, 4) is 0 Å². The van der Waals surface area contributed by atoms with E-state index in [2.05, 4.69) is 59.7 Å². The Bertz CT molecular complexity index is 932.